The van der Waals surface area contributed by atoms with Crippen molar-refractivity contribution in [3.8, 4) is 0 Å². The van der Waals surface area contributed by atoms with Crippen LogP contribution in [0.15, 0.2) is 54.6 Å². The average molecular weight is 264 g/mol. The zero-order valence-corrected chi connectivity index (χ0v) is 10.2. The Kier molecular flexibility index (Phi) is 3.95. The van der Waals surface area contributed by atoms with Gasteiger partial charge in [0.1, 0.15) is 11.2 Å². The SMILES string of the molecule is O=C(Nc1ccccc1F)C(Cl)c1ccccc1. The first kappa shape index (κ1) is 12.6. The third-order valence-electron chi connectivity index (χ3n) is 2.45. The second-order valence-corrected chi connectivity index (χ2v) is 4.18. The van der Waals surface area contributed by atoms with Crippen molar-refractivity contribution >= 4 is 23.2 Å². The molecule has 1 unspecified atom stereocenters. The van der Waals surface area contributed by atoms with Gasteiger partial charge < -0.3 is 5.32 Å². The third-order valence-corrected chi connectivity index (χ3v) is 2.90. The van der Waals surface area contributed by atoms with E-state index in [4.69, 9.17) is 11.6 Å². The van der Waals surface area contributed by atoms with Crippen LogP contribution in [0.1, 0.15) is 10.9 Å². The van der Waals surface area contributed by atoms with Crippen LogP contribution in [-0.2, 0) is 4.79 Å². The standard InChI is InChI=1S/C14H11ClFNO/c15-13(10-6-2-1-3-7-10)14(18)17-12-9-5-4-8-11(12)16/h1-9,13H,(H,17,18). The van der Waals surface area contributed by atoms with Crippen LogP contribution in [0.3, 0.4) is 0 Å². The second-order valence-electron chi connectivity index (χ2n) is 3.74. The molecule has 0 spiro atoms. The summed E-state index contributed by atoms with van der Waals surface area (Å²) in [5.74, 6) is -0.934. The molecule has 1 atom stereocenters. The van der Waals surface area contributed by atoms with Gasteiger partial charge in [-0.1, -0.05) is 42.5 Å². The molecule has 4 heteroatoms. The zero-order valence-electron chi connectivity index (χ0n) is 9.44. The number of alkyl halides is 1. The number of hydrogen-bond donors (Lipinski definition) is 1. The number of anilines is 1. The van der Waals surface area contributed by atoms with Crippen molar-refractivity contribution in [3.05, 3.63) is 66.0 Å². The van der Waals surface area contributed by atoms with Gasteiger partial charge in [0.15, 0.2) is 0 Å². The molecule has 0 fully saturated rings. The molecule has 2 aromatic carbocycles. The monoisotopic (exact) mass is 263 g/mol. The number of benzene rings is 2. The molecule has 2 rings (SSSR count). The van der Waals surface area contributed by atoms with Gasteiger partial charge in [-0.05, 0) is 17.7 Å². The first-order chi connectivity index (χ1) is 8.68. The van der Waals surface area contributed by atoms with Gasteiger partial charge in [-0.2, -0.15) is 0 Å². The Hall–Kier alpha value is -1.87. The Labute approximate surface area is 109 Å². The van der Waals surface area contributed by atoms with Crippen molar-refractivity contribution in [1.29, 1.82) is 0 Å². The summed E-state index contributed by atoms with van der Waals surface area (Å²) in [4.78, 5) is 11.9. The van der Waals surface area contributed by atoms with E-state index in [0.717, 1.165) is 0 Å². The molecular weight excluding hydrogens is 253 g/mol. The fourth-order valence-electron chi connectivity index (χ4n) is 1.53. The molecule has 2 aromatic rings. The Bertz CT molecular complexity index is 545. The van der Waals surface area contributed by atoms with Gasteiger partial charge in [0.25, 0.3) is 0 Å². The topological polar surface area (TPSA) is 29.1 Å². The van der Waals surface area contributed by atoms with Crippen LogP contribution in [0.5, 0.6) is 0 Å². The van der Waals surface area contributed by atoms with Crippen LogP contribution in [0.2, 0.25) is 0 Å². The molecule has 0 heterocycles. The molecule has 0 radical (unpaired) electrons. The first-order valence-electron chi connectivity index (χ1n) is 5.43. The fraction of sp³-hybridized carbons (Fsp3) is 0.0714. The summed E-state index contributed by atoms with van der Waals surface area (Å²) in [7, 11) is 0. The van der Waals surface area contributed by atoms with E-state index in [1.54, 1.807) is 36.4 Å². The molecule has 0 aromatic heterocycles. The minimum Gasteiger partial charge on any atom is -0.322 e. The smallest absolute Gasteiger partial charge is 0.247 e. The molecule has 0 saturated carbocycles. The minimum absolute atomic E-state index is 0.129. The van der Waals surface area contributed by atoms with Gasteiger partial charge in [0.05, 0.1) is 5.69 Å². The molecule has 0 aliphatic heterocycles. The number of carbonyl (C=O) groups excluding carboxylic acids is 1. The van der Waals surface area contributed by atoms with E-state index in [-0.39, 0.29) is 5.69 Å². The van der Waals surface area contributed by atoms with E-state index in [9.17, 15) is 9.18 Å². The van der Waals surface area contributed by atoms with E-state index in [1.807, 2.05) is 6.07 Å². The number of carbonyl (C=O) groups is 1. The average Bonchev–Trinajstić information content (AvgIpc) is 2.41. The number of hydrogen-bond acceptors (Lipinski definition) is 1. The molecule has 0 saturated heterocycles. The van der Waals surface area contributed by atoms with Crippen LogP contribution >= 0.6 is 11.6 Å². The largest absolute Gasteiger partial charge is 0.322 e. The van der Waals surface area contributed by atoms with Gasteiger partial charge in [-0.15, -0.1) is 11.6 Å². The Morgan fingerprint density at radius 2 is 1.67 bits per heavy atom. The summed E-state index contributed by atoms with van der Waals surface area (Å²) in [6, 6.07) is 14.9. The van der Waals surface area contributed by atoms with Crippen LogP contribution in [0.25, 0.3) is 0 Å². The van der Waals surface area contributed by atoms with Gasteiger partial charge in [0.2, 0.25) is 5.91 Å². The number of amides is 1. The molecule has 0 aliphatic rings. The van der Waals surface area contributed by atoms with Crippen LogP contribution < -0.4 is 5.32 Å². The molecule has 1 N–H and O–H groups in total. The summed E-state index contributed by atoms with van der Waals surface area (Å²) in [5, 5.41) is 1.62. The summed E-state index contributed by atoms with van der Waals surface area (Å²) >= 11 is 6.02. The Morgan fingerprint density at radius 3 is 2.33 bits per heavy atom. The minimum atomic E-state index is -0.842. The lowest BCUT2D eigenvalue weighted by Gasteiger charge is -2.11. The molecule has 1 amide bonds. The maximum atomic E-state index is 13.4. The molecule has 18 heavy (non-hydrogen) atoms. The van der Waals surface area contributed by atoms with Crippen molar-refractivity contribution < 1.29 is 9.18 Å². The maximum absolute atomic E-state index is 13.4. The van der Waals surface area contributed by atoms with Gasteiger partial charge in [-0.25, -0.2) is 4.39 Å². The van der Waals surface area contributed by atoms with Crippen LogP contribution in [-0.4, -0.2) is 5.91 Å². The molecule has 0 bridgehead atoms. The highest BCUT2D eigenvalue weighted by atomic mass is 35.5. The fourth-order valence-corrected chi connectivity index (χ4v) is 1.73. The van der Waals surface area contributed by atoms with Gasteiger partial charge in [0, 0.05) is 0 Å². The third kappa shape index (κ3) is 2.87. The van der Waals surface area contributed by atoms with Crippen molar-refractivity contribution in [2.24, 2.45) is 0 Å². The van der Waals surface area contributed by atoms with E-state index < -0.39 is 17.1 Å². The zero-order chi connectivity index (χ0) is 13.0. The number of rotatable bonds is 3. The lowest BCUT2D eigenvalue weighted by Crippen LogP contribution is -2.18. The summed E-state index contributed by atoms with van der Waals surface area (Å²) in [6.45, 7) is 0. The predicted molar refractivity (Wildman–Crippen MR) is 70.1 cm³/mol. The highest BCUT2D eigenvalue weighted by Gasteiger charge is 2.18. The highest BCUT2D eigenvalue weighted by molar-refractivity contribution is 6.32. The Balaban J connectivity index is 2.12. The van der Waals surface area contributed by atoms with Crippen LogP contribution in [0, 0.1) is 5.82 Å². The molecule has 0 aliphatic carbocycles. The second kappa shape index (κ2) is 5.65. The van der Waals surface area contributed by atoms with E-state index in [2.05, 4.69) is 5.32 Å². The predicted octanol–water partition coefficient (Wildman–Crippen LogP) is 3.74. The van der Waals surface area contributed by atoms with Crippen LogP contribution in [0.4, 0.5) is 10.1 Å². The molecular formula is C14H11ClFNO. The van der Waals surface area contributed by atoms with E-state index >= 15 is 0 Å². The maximum Gasteiger partial charge on any atom is 0.247 e. The lowest BCUT2D eigenvalue weighted by atomic mass is 10.1. The van der Waals surface area contributed by atoms with Crippen molar-refractivity contribution in [2.75, 3.05) is 5.32 Å². The lowest BCUT2D eigenvalue weighted by molar-refractivity contribution is -0.116. The Morgan fingerprint density at radius 1 is 1.06 bits per heavy atom. The summed E-state index contributed by atoms with van der Waals surface area (Å²) in [5.41, 5.74) is 0.803. The number of para-hydroxylation sites is 1. The van der Waals surface area contributed by atoms with Crippen molar-refractivity contribution in [2.45, 2.75) is 5.38 Å². The van der Waals surface area contributed by atoms with E-state index in [1.165, 1.54) is 12.1 Å². The number of nitrogens with one attached hydrogen (secondary N) is 1. The van der Waals surface area contributed by atoms with Crippen molar-refractivity contribution in [1.82, 2.24) is 0 Å². The normalized spacial score (nSPS) is 11.9. The van der Waals surface area contributed by atoms with Crippen molar-refractivity contribution in [3.63, 3.8) is 0 Å². The summed E-state index contributed by atoms with van der Waals surface area (Å²) in [6.07, 6.45) is 0. The molecule has 2 nitrogen and oxygen atoms in total. The molecule has 92 valence electrons. The summed E-state index contributed by atoms with van der Waals surface area (Å²) < 4.78 is 13.4. The quantitative estimate of drug-likeness (QED) is 0.840. The van der Waals surface area contributed by atoms with Gasteiger partial charge >= 0.3 is 0 Å². The first-order valence-corrected chi connectivity index (χ1v) is 5.86. The van der Waals surface area contributed by atoms with Gasteiger partial charge in [-0.3, -0.25) is 4.79 Å². The highest BCUT2D eigenvalue weighted by Crippen LogP contribution is 2.22. The number of halogens is 2. The van der Waals surface area contributed by atoms with E-state index in [0.29, 0.717) is 5.56 Å².